The van der Waals surface area contributed by atoms with Crippen molar-refractivity contribution in [2.75, 3.05) is 30.4 Å². The first kappa shape index (κ1) is 19.4. The molecule has 2 atom stereocenters. The minimum atomic E-state index is -0.417. The lowest BCUT2D eigenvalue weighted by Crippen LogP contribution is -2.25. The summed E-state index contributed by atoms with van der Waals surface area (Å²) in [6, 6.07) is 10.7. The van der Waals surface area contributed by atoms with E-state index in [1.807, 2.05) is 6.07 Å². The van der Waals surface area contributed by atoms with Crippen molar-refractivity contribution in [1.29, 1.82) is 0 Å². The van der Waals surface area contributed by atoms with Gasteiger partial charge in [0, 0.05) is 42.3 Å². The zero-order chi connectivity index (χ0) is 21.2. The monoisotopic (exact) mass is 414 g/mol. The molecule has 0 spiro atoms. The summed E-state index contributed by atoms with van der Waals surface area (Å²) in [5.74, 6) is 0.0649. The van der Waals surface area contributed by atoms with E-state index in [9.17, 15) is 4.79 Å². The highest BCUT2D eigenvalue weighted by atomic mass is 16.5. The van der Waals surface area contributed by atoms with Gasteiger partial charge in [0.05, 0.1) is 13.2 Å². The third kappa shape index (κ3) is 3.81. The van der Waals surface area contributed by atoms with E-state index in [1.165, 1.54) is 23.9 Å². The van der Waals surface area contributed by atoms with Gasteiger partial charge in [-0.2, -0.15) is 0 Å². The topological polar surface area (TPSA) is 66.5 Å². The number of nitrogens with zero attached hydrogens (tertiary/aromatic N) is 2. The average molecular weight is 415 g/mol. The molecular formula is C25H26N4O2. The molecule has 6 nitrogen and oxygen atoms in total. The van der Waals surface area contributed by atoms with E-state index < -0.39 is 5.97 Å². The molecule has 3 heterocycles. The highest BCUT2D eigenvalue weighted by Crippen LogP contribution is 2.36. The number of rotatable bonds is 6. The van der Waals surface area contributed by atoms with Crippen molar-refractivity contribution in [2.45, 2.75) is 18.9 Å². The smallest absolute Gasteiger partial charge is 0.356 e. The molecular weight excluding hydrogens is 388 g/mol. The van der Waals surface area contributed by atoms with Crippen molar-refractivity contribution in [3.8, 4) is 0 Å². The van der Waals surface area contributed by atoms with E-state index in [1.54, 1.807) is 12.3 Å². The number of allylic oxidation sites excluding steroid dienone is 2. The van der Waals surface area contributed by atoms with E-state index >= 15 is 0 Å². The maximum absolute atomic E-state index is 11.8. The molecule has 1 aromatic heterocycles. The average Bonchev–Trinajstić information content (AvgIpc) is 3.43. The zero-order valence-corrected chi connectivity index (χ0v) is 17.5. The van der Waals surface area contributed by atoms with Crippen molar-refractivity contribution in [2.24, 2.45) is 5.92 Å². The first-order chi connectivity index (χ1) is 15.2. The number of benzene rings is 1. The van der Waals surface area contributed by atoms with Gasteiger partial charge in [-0.25, -0.2) is 9.78 Å². The highest BCUT2D eigenvalue weighted by molar-refractivity contribution is 5.88. The molecule has 0 radical (unpaired) electrons. The van der Waals surface area contributed by atoms with Gasteiger partial charge >= 0.3 is 5.97 Å². The van der Waals surface area contributed by atoms with Crippen LogP contribution in [0.1, 0.15) is 22.5 Å². The minimum absolute atomic E-state index is 0.327. The number of ether oxygens (including phenoxy) is 1. The molecule has 0 amide bonds. The van der Waals surface area contributed by atoms with Crippen molar-refractivity contribution < 1.29 is 9.53 Å². The Hall–Kier alpha value is -3.54. The molecule has 2 aliphatic heterocycles. The summed E-state index contributed by atoms with van der Waals surface area (Å²) in [5.41, 5.74) is 6.37. The second kappa shape index (κ2) is 8.30. The summed E-state index contributed by atoms with van der Waals surface area (Å²) in [6.07, 6.45) is 14.6. The fraction of sp³-hybridized carbons (Fsp3) is 0.280. The number of fused-ring (bicyclic) bond motifs is 2. The summed E-state index contributed by atoms with van der Waals surface area (Å²) in [7, 11) is 1.37. The molecule has 0 saturated heterocycles. The van der Waals surface area contributed by atoms with Gasteiger partial charge in [0.1, 0.15) is 5.69 Å². The lowest BCUT2D eigenvalue weighted by Gasteiger charge is -2.20. The van der Waals surface area contributed by atoms with Crippen molar-refractivity contribution in [1.82, 2.24) is 10.3 Å². The van der Waals surface area contributed by atoms with Crippen LogP contribution in [0.5, 0.6) is 0 Å². The molecule has 6 heteroatoms. The Morgan fingerprint density at radius 1 is 1.26 bits per heavy atom. The zero-order valence-electron chi connectivity index (χ0n) is 17.5. The fourth-order valence-corrected chi connectivity index (χ4v) is 4.59. The number of hydrogen-bond acceptors (Lipinski definition) is 6. The molecule has 1 aliphatic carbocycles. The Labute approximate surface area is 182 Å². The van der Waals surface area contributed by atoms with Crippen LogP contribution in [0.2, 0.25) is 0 Å². The van der Waals surface area contributed by atoms with Crippen molar-refractivity contribution >= 4 is 23.0 Å². The first-order valence-electron chi connectivity index (χ1n) is 10.7. The normalized spacial score (nSPS) is 20.7. The fourth-order valence-electron chi connectivity index (χ4n) is 4.59. The quantitative estimate of drug-likeness (QED) is 0.698. The maximum atomic E-state index is 11.8. The number of esters is 1. The summed E-state index contributed by atoms with van der Waals surface area (Å²) in [4.78, 5) is 18.2. The molecule has 1 aromatic carbocycles. The summed E-state index contributed by atoms with van der Waals surface area (Å²) in [6.45, 7) is 1.79. The number of anilines is 3. The number of pyridine rings is 1. The molecule has 0 bridgehead atoms. The number of aromatic nitrogens is 1. The van der Waals surface area contributed by atoms with Crippen LogP contribution >= 0.6 is 0 Å². The largest absolute Gasteiger partial charge is 0.464 e. The van der Waals surface area contributed by atoms with E-state index in [-0.39, 0.29) is 0 Å². The van der Waals surface area contributed by atoms with E-state index in [4.69, 9.17) is 4.74 Å². The predicted molar refractivity (Wildman–Crippen MR) is 123 cm³/mol. The van der Waals surface area contributed by atoms with Gasteiger partial charge in [0.15, 0.2) is 0 Å². The van der Waals surface area contributed by atoms with E-state index in [0.717, 1.165) is 37.3 Å². The molecule has 3 aliphatic rings. The molecule has 2 N–H and O–H groups in total. The summed E-state index contributed by atoms with van der Waals surface area (Å²) in [5, 5.41) is 7.04. The molecule has 5 rings (SSSR count). The van der Waals surface area contributed by atoms with E-state index in [2.05, 4.69) is 69.2 Å². The van der Waals surface area contributed by atoms with Crippen LogP contribution in [-0.2, 0) is 11.2 Å². The maximum Gasteiger partial charge on any atom is 0.356 e. The van der Waals surface area contributed by atoms with Gasteiger partial charge in [0.25, 0.3) is 0 Å². The van der Waals surface area contributed by atoms with Gasteiger partial charge in [-0.05, 0) is 60.5 Å². The number of carbonyl (C=O) groups excluding carboxylic acids is 1. The predicted octanol–water partition coefficient (Wildman–Crippen LogP) is 3.96. The number of hydrogen-bond donors (Lipinski definition) is 2. The van der Waals surface area contributed by atoms with E-state index in [0.29, 0.717) is 17.7 Å². The second-order valence-corrected chi connectivity index (χ2v) is 8.02. The lowest BCUT2D eigenvalue weighted by molar-refractivity contribution is 0.0594. The number of nitrogens with one attached hydrogen (secondary N) is 2. The van der Waals surface area contributed by atoms with Gasteiger partial charge in [-0.1, -0.05) is 24.3 Å². The Bertz CT molecular complexity index is 1090. The van der Waals surface area contributed by atoms with Crippen LogP contribution in [0, 0.1) is 5.92 Å². The highest BCUT2D eigenvalue weighted by Gasteiger charge is 2.26. The van der Waals surface area contributed by atoms with Gasteiger partial charge < -0.3 is 20.3 Å². The standard InChI is InChI=1S/C25H26N4O2/c1-31-25(30)23-15-20(9-12-27-23)29-13-10-17-14-19(6-7-24(17)29)26-11-8-18-16-28-22-5-3-2-4-21(18)22/h2-7,9,12,14-16,21-22,26,28H,8,10-11,13H2,1H3. The first-order valence-corrected chi connectivity index (χ1v) is 10.7. The molecule has 2 aromatic rings. The third-order valence-corrected chi connectivity index (χ3v) is 6.19. The van der Waals surface area contributed by atoms with Crippen LogP contribution in [0.4, 0.5) is 17.1 Å². The van der Waals surface area contributed by atoms with Crippen LogP contribution in [0.25, 0.3) is 0 Å². The van der Waals surface area contributed by atoms with Crippen LogP contribution in [0.3, 0.4) is 0 Å². The second-order valence-electron chi connectivity index (χ2n) is 8.02. The Morgan fingerprint density at radius 2 is 2.16 bits per heavy atom. The van der Waals surface area contributed by atoms with Crippen molar-refractivity contribution in [3.05, 3.63) is 83.9 Å². The lowest BCUT2D eigenvalue weighted by atomic mass is 9.90. The molecule has 158 valence electrons. The van der Waals surface area contributed by atoms with Crippen LogP contribution < -0.4 is 15.5 Å². The summed E-state index contributed by atoms with van der Waals surface area (Å²) < 4.78 is 4.80. The Morgan fingerprint density at radius 3 is 3.06 bits per heavy atom. The number of carbonyl (C=O) groups is 1. The molecule has 31 heavy (non-hydrogen) atoms. The van der Waals surface area contributed by atoms with Crippen LogP contribution in [-0.4, -0.2) is 37.2 Å². The third-order valence-electron chi connectivity index (χ3n) is 6.19. The molecule has 0 fully saturated rings. The minimum Gasteiger partial charge on any atom is -0.464 e. The van der Waals surface area contributed by atoms with Gasteiger partial charge in [0.2, 0.25) is 0 Å². The SMILES string of the molecule is COC(=O)c1cc(N2CCc3cc(NCCC4=CNC5C=CC=CC45)ccc32)ccn1. The van der Waals surface area contributed by atoms with Gasteiger partial charge in [-0.3, -0.25) is 0 Å². The molecule has 0 saturated carbocycles. The van der Waals surface area contributed by atoms with Crippen molar-refractivity contribution in [3.63, 3.8) is 0 Å². The number of methoxy groups -OCH3 is 1. The van der Waals surface area contributed by atoms with Crippen LogP contribution in [0.15, 0.2) is 72.6 Å². The Balaban J connectivity index is 1.23. The summed E-state index contributed by atoms with van der Waals surface area (Å²) >= 11 is 0. The Kier molecular flexibility index (Phi) is 5.20. The van der Waals surface area contributed by atoms with Gasteiger partial charge in [-0.15, -0.1) is 0 Å². The molecule has 2 unspecified atom stereocenters.